The van der Waals surface area contributed by atoms with Crippen LogP contribution in [0.3, 0.4) is 0 Å². The van der Waals surface area contributed by atoms with E-state index in [0.717, 1.165) is 18.3 Å². The van der Waals surface area contributed by atoms with E-state index in [2.05, 4.69) is 50.7 Å². The van der Waals surface area contributed by atoms with Crippen molar-refractivity contribution in [3.63, 3.8) is 0 Å². The molecule has 2 aromatic heterocycles. The van der Waals surface area contributed by atoms with Crippen molar-refractivity contribution in [1.82, 2.24) is 30.1 Å². The van der Waals surface area contributed by atoms with Crippen LogP contribution in [0.15, 0.2) is 18.5 Å². The van der Waals surface area contributed by atoms with E-state index in [4.69, 9.17) is 0 Å². The molecule has 1 atom stereocenters. The molecule has 2 heterocycles. The standard InChI is InChI=1S/C13H20N6/c1-3-14-13(10-4-5-10)11-6-7-19(8-11)9-12-15-17-18(2)16-12/h6-8,10,13-14H,3-5,9H2,1-2H3. The lowest BCUT2D eigenvalue weighted by Gasteiger charge is -2.15. The van der Waals surface area contributed by atoms with Crippen molar-refractivity contribution in [1.29, 1.82) is 0 Å². The van der Waals surface area contributed by atoms with Crippen molar-refractivity contribution in [2.75, 3.05) is 6.54 Å². The summed E-state index contributed by atoms with van der Waals surface area (Å²) in [4.78, 5) is 1.49. The Bertz CT molecular complexity index is 539. The predicted octanol–water partition coefficient (Wildman–Crippen LogP) is 1.12. The number of aryl methyl sites for hydroxylation is 1. The Kier molecular flexibility index (Phi) is 3.33. The Labute approximate surface area is 112 Å². The van der Waals surface area contributed by atoms with Crippen LogP contribution in [0.2, 0.25) is 0 Å². The fourth-order valence-corrected chi connectivity index (χ4v) is 2.50. The molecule has 19 heavy (non-hydrogen) atoms. The molecule has 0 radical (unpaired) electrons. The highest BCUT2D eigenvalue weighted by atomic mass is 15.6. The fraction of sp³-hybridized carbons (Fsp3) is 0.615. The second kappa shape index (κ2) is 5.13. The molecule has 1 unspecified atom stereocenters. The molecule has 6 nitrogen and oxygen atoms in total. The predicted molar refractivity (Wildman–Crippen MR) is 71.5 cm³/mol. The second-order valence-corrected chi connectivity index (χ2v) is 5.19. The molecular weight excluding hydrogens is 240 g/mol. The quantitative estimate of drug-likeness (QED) is 0.845. The Balaban J connectivity index is 1.71. The molecule has 0 aliphatic heterocycles. The molecule has 0 saturated heterocycles. The lowest BCUT2D eigenvalue weighted by atomic mass is 10.1. The van der Waals surface area contributed by atoms with Crippen molar-refractivity contribution < 1.29 is 0 Å². The maximum Gasteiger partial charge on any atom is 0.194 e. The molecule has 1 saturated carbocycles. The molecular formula is C13H20N6. The molecule has 0 bridgehead atoms. The molecule has 6 heteroatoms. The van der Waals surface area contributed by atoms with Crippen molar-refractivity contribution in [3.05, 3.63) is 29.8 Å². The van der Waals surface area contributed by atoms with Gasteiger partial charge in [0.1, 0.15) is 0 Å². The third-order valence-corrected chi connectivity index (χ3v) is 3.52. The first-order valence-corrected chi connectivity index (χ1v) is 6.88. The van der Waals surface area contributed by atoms with Crippen LogP contribution in [0.1, 0.15) is 37.2 Å². The first-order chi connectivity index (χ1) is 9.26. The van der Waals surface area contributed by atoms with Gasteiger partial charge in [0.15, 0.2) is 5.82 Å². The van der Waals surface area contributed by atoms with Crippen molar-refractivity contribution in [2.45, 2.75) is 32.4 Å². The van der Waals surface area contributed by atoms with E-state index >= 15 is 0 Å². The van der Waals surface area contributed by atoms with Gasteiger partial charge in [-0.3, -0.25) is 0 Å². The van der Waals surface area contributed by atoms with E-state index in [0.29, 0.717) is 12.6 Å². The van der Waals surface area contributed by atoms with Crippen LogP contribution in [0.25, 0.3) is 0 Å². The minimum atomic E-state index is 0.501. The molecule has 0 aromatic carbocycles. The summed E-state index contributed by atoms with van der Waals surface area (Å²) in [7, 11) is 1.78. The van der Waals surface area contributed by atoms with E-state index < -0.39 is 0 Å². The Morgan fingerprint density at radius 1 is 1.47 bits per heavy atom. The molecule has 1 aliphatic carbocycles. The van der Waals surface area contributed by atoms with Gasteiger partial charge in [0.2, 0.25) is 0 Å². The van der Waals surface area contributed by atoms with Gasteiger partial charge in [0.25, 0.3) is 0 Å². The van der Waals surface area contributed by atoms with Gasteiger partial charge in [-0.2, -0.15) is 4.80 Å². The average Bonchev–Trinajstić information content (AvgIpc) is 3.00. The highest BCUT2D eigenvalue weighted by Crippen LogP contribution is 2.40. The van der Waals surface area contributed by atoms with Crippen LogP contribution in [-0.2, 0) is 13.6 Å². The Morgan fingerprint density at radius 2 is 2.32 bits per heavy atom. The number of aromatic nitrogens is 5. The molecule has 0 amide bonds. The average molecular weight is 260 g/mol. The minimum absolute atomic E-state index is 0.501. The molecule has 1 aliphatic rings. The van der Waals surface area contributed by atoms with Crippen LogP contribution in [-0.4, -0.2) is 31.3 Å². The minimum Gasteiger partial charge on any atom is -0.346 e. The largest absolute Gasteiger partial charge is 0.346 e. The zero-order valence-electron chi connectivity index (χ0n) is 11.5. The van der Waals surface area contributed by atoms with Crippen LogP contribution >= 0.6 is 0 Å². The van der Waals surface area contributed by atoms with E-state index in [1.807, 2.05) is 0 Å². The normalized spacial score (nSPS) is 16.7. The highest BCUT2D eigenvalue weighted by Gasteiger charge is 2.32. The van der Waals surface area contributed by atoms with E-state index in [1.165, 1.54) is 23.2 Å². The maximum absolute atomic E-state index is 4.20. The molecule has 3 rings (SSSR count). The SMILES string of the molecule is CCNC(c1ccn(Cc2nnn(C)n2)c1)C1CC1. The molecule has 2 aromatic rings. The number of hydrogen-bond acceptors (Lipinski definition) is 4. The lowest BCUT2D eigenvalue weighted by Crippen LogP contribution is -2.22. The summed E-state index contributed by atoms with van der Waals surface area (Å²) in [5, 5.41) is 15.6. The third-order valence-electron chi connectivity index (χ3n) is 3.52. The van der Waals surface area contributed by atoms with Crippen LogP contribution in [0.4, 0.5) is 0 Å². The maximum atomic E-state index is 4.20. The Morgan fingerprint density at radius 3 is 2.95 bits per heavy atom. The fourth-order valence-electron chi connectivity index (χ4n) is 2.50. The monoisotopic (exact) mass is 260 g/mol. The number of nitrogens with zero attached hydrogens (tertiary/aromatic N) is 5. The van der Waals surface area contributed by atoms with Gasteiger partial charge in [0.05, 0.1) is 13.6 Å². The van der Waals surface area contributed by atoms with Gasteiger partial charge in [-0.05, 0) is 42.1 Å². The smallest absolute Gasteiger partial charge is 0.194 e. The lowest BCUT2D eigenvalue weighted by molar-refractivity contribution is 0.495. The zero-order chi connectivity index (χ0) is 13.2. The van der Waals surface area contributed by atoms with Crippen molar-refractivity contribution in [2.24, 2.45) is 13.0 Å². The highest BCUT2D eigenvalue weighted by molar-refractivity contribution is 5.18. The molecule has 0 spiro atoms. The van der Waals surface area contributed by atoms with Crippen LogP contribution in [0.5, 0.6) is 0 Å². The Hall–Kier alpha value is -1.69. The van der Waals surface area contributed by atoms with Gasteiger partial charge in [-0.1, -0.05) is 6.92 Å². The summed E-state index contributed by atoms with van der Waals surface area (Å²) in [6.45, 7) is 3.85. The third kappa shape index (κ3) is 2.84. The molecule has 102 valence electrons. The van der Waals surface area contributed by atoms with E-state index in [-0.39, 0.29) is 0 Å². The summed E-state index contributed by atoms with van der Waals surface area (Å²) in [6.07, 6.45) is 6.98. The van der Waals surface area contributed by atoms with Gasteiger partial charge >= 0.3 is 0 Å². The van der Waals surface area contributed by atoms with Gasteiger partial charge < -0.3 is 9.88 Å². The second-order valence-electron chi connectivity index (χ2n) is 5.19. The number of rotatable bonds is 6. The van der Waals surface area contributed by atoms with Crippen LogP contribution in [0, 0.1) is 5.92 Å². The summed E-state index contributed by atoms with van der Waals surface area (Å²) in [6, 6.07) is 2.70. The number of nitrogens with one attached hydrogen (secondary N) is 1. The van der Waals surface area contributed by atoms with Crippen LogP contribution < -0.4 is 5.32 Å². The first-order valence-electron chi connectivity index (χ1n) is 6.88. The summed E-state index contributed by atoms with van der Waals surface area (Å²) in [5.74, 6) is 1.56. The van der Waals surface area contributed by atoms with Crippen molar-refractivity contribution >= 4 is 0 Å². The zero-order valence-corrected chi connectivity index (χ0v) is 11.5. The van der Waals surface area contributed by atoms with Gasteiger partial charge in [0, 0.05) is 18.4 Å². The van der Waals surface area contributed by atoms with E-state index in [9.17, 15) is 0 Å². The van der Waals surface area contributed by atoms with Gasteiger partial charge in [-0.15, -0.1) is 10.2 Å². The summed E-state index contributed by atoms with van der Waals surface area (Å²) >= 11 is 0. The van der Waals surface area contributed by atoms with Gasteiger partial charge in [-0.25, -0.2) is 0 Å². The number of hydrogen-bond donors (Lipinski definition) is 1. The van der Waals surface area contributed by atoms with Crippen molar-refractivity contribution in [3.8, 4) is 0 Å². The summed E-state index contributed by atoms with van der Waals surface area (Å²) in [5.41, 5.74) is 1.37. The summed E-state index contributed by atoms with van der Waals surface area (Å²) < 4.78 is 2.12. The van der Waals surface area contributed by atoms with E-state index in [1.54, 1.807) is 7.05 Å². The number of tetrazole rings is 1. The molecule has 1 fully saturated rings. The topological polar surface area (TPSA) is 60.6 Å². The first kappa shape index (κ1) is 12.3. The molecule has 1 N–H and O–H groups in total.